The molecule has 1 fully saturated rings. The average Bonchev–Trinajstić information content (AvgIpc) is 3.42. The number of hydrogen-bond acceptors (Lipinski definition) is 7. The largest absolute Gasteiger partial charge is 0.468 e. The number of amides is 2. The van der Waals surface area contributed by atoms with E-state index in [-0.39, 0.29) is 11.8 Å². The second kappa shape index (κ2) is 7.26. The summed E-state index contributed by atoms with van der Waals surface area (Å²) in [6.07, 6.45) is 3.07. The molecule has 1 aromatic carbocycles. The number of piperidine rings is 1. The summed E-state index contributed by atoms with van der Waals surface area (Å²) in [4.78, 5) is 31.5. The first-order valence-corrected chi connectivity index (χ1v) is 10.2. The van der Waals surface area contributed by atoms with Gasteiger partial charge in [0.25, 0.3) is 0 Å². The Labute approximate surface area is 178 Å². The Morgan fingerprint density at radius 1 is 1.29 bits per heavy atom. The Morgan fingerprint density at radius 2 is 2.13 bits per heavy atom. The van der Waals surface area contributed by atoms with Crippen molar-refractivity contribution in [1.29, 1.82) is 0 Å². The van der Waals surface area contributed by atoms with Crippen LogP contribution in [0.2, 0.25) is 0 Å². The zero-order valence-electron chi connectivity index (χ0n) is 17.0. The van der Waals surface area contributed by atoms with Crippen LogP contribution in [0.5, 0.6) is 5.75 Å². The van der Waals surface area contributed by atoms with Gasteiger partial charge in [-0.3, -0.25) is 9.59 Å². The standard InChI is InChI=1S/C22H22N4O5/c1-22-12-14(13-6-2-3-7-15(13)30-22)18(19(23)27)21(28)26(22)10-4-9-17-24-20(25-31-17)16-8-5-11-29-16/h2-3,5-8,11,14,18H,4,9-10,12H2,1H3,(H2,23,27)/t14-,18-,22-/m0/s1. The molecule has 3 aromatic rings. The lowest BCUT2D eigenvalue weighted by Crippen LogP contribution is -2.64. The number of fused-ring (bicyclic) bond motifs is 4. The van der Waals surface area contributed by atoms with Crippen LogP contribution in [0, 0.1) is 5.92 Å². The molecule has 2 aliphatic rings. The summed E-state index contributed by atoms with van der Waals surface area (Å²) in [5.41, 5.74) is 5.66. The summed E-state index contributed by atoms with van der Waals surface area (Å²) in [6, 6.07) is 11.0. The summed E-state index contributed by atoms with van der Waals surface area (Å²) >= 11 is 0. The van der Waals surface area contributed by atoms with Crippen LogP contribution in [0.15, 0.2) is 51.6 Å². The van der Waals surface area contributed by atoms with Crippen molar-refractivity contribution in [2.45, 2.75) is 37.8 Å². The van der Waals surface area contributed by atoms with Gasteiger partial charge in [0.1, 0.15) is 11.7 Å². The molecule has 2 aliphatic heterocycles. The number of hydrogen-bond donors (Lipinski definition) is 1. The summed E-state index contributed by atoms with van der Waals surface area (Å²) in [7, 11) is 0. The van der Waals surface area contributed by atoms with Crippen molar-refractivity contribution in [3.8, 4) is 17.3 Å². The summed E-state index contributed by atoms with van der Waals surface area (Å²) < 4.78 is 16.8. The lowest BCUT2D eigenvalue weighted by Gasteiger charge is -2.52. The number of aromatic nitrogens is 2. The fourth-order valence-corrected chi connectivity index (χ4v) is 4.63. The van der Waals surface area contributed by atoms with E-state index in [9.17, 15) is 9.59 Å². The second-order valence-corrected chi connectivity index (χ2v) is 8.09. The highest BCUT2D eigenvalue weighted by Crippen LogP contribution is 2.50. The maximum atomic E-state index is 13.3. The minimum absolute atomic E-state index is 0.289. The van der Waals surface area contributed by atoms with E-state index in [0.29, 0.717) is 49.0 Å². The summed E-state index contributed by atoms with van der Waals surface area (Å²) in [5.74, 6) is -0.0789. The molecule has 0 aliphatic carbocycles. The number of ether oxygens (including phenoxy) is 1. The first kappa shape index (κ1) is 19.3. The molecule has 160 valence electrons. The maximum absolute atomic E-state index is 13.3. The van der Waals surface area contributed by atoms with Crippen LogP contribution in [0.3, 0.4) is 0 Å². The number of furan rings is 1. The highest BCUT2D eigenvalue weighted by Gasteiger charge is 2.55. The SMILES string of the molecule is C[C@@]12C[C@@H](c3ccccc3O1)[C@@H](C(N)=O)C(=O)N2CCCc1nc(-c2ccco2)no1. The number of para-hydroxylation sites is 1. The van der Waals surface area contributed by atoms with E-state index >= 15 is 0 Å². The summed E-state index contributed by atoms with van der Waals surface area (Å²) in [5, 5.41) is 3.92. The number of nitrogens with two attached hydrogens (primary N) is 1. The molecule has 0 saturated carbocycles. The number of primary amides is 1. The van der Waals surface area contributed by atoms with Crippen LogP contribution in [-0.2, 0) is 16.0 Å². The third kappa shape index (κ3) is 3.26. The first-order chi connectivity index (χ1) is 15.0. The Kier molecular flexibility index (Phi) is 4.53. The number of carbonyl (C=O) groups excluding carboxylic acids is 2. The molecule has 0 unspecified atom stereocenters. The second-order valence-electron chi connectivity index (χ2n) is 8.09. The Morgan fingerprint density at radius 3 is 2.90 bits per heavy atom. The fourth-order valence-electron chi connectivity index (χ4n) is 4.63. The number of aryl methyl sites for hydroxylation is 1. The van der Waals surface area contributed by atoms with Crippen LogP contribution in [-0.4, -0.2) is 39.1 Å². The molecule has 1 saturated heterocycles. The minimum atomic E-state index is -0.910. The van der Waals surface area contributed by atoms with Crippen molar-refractivity contribution in [2.24, 2.45) is 11.7 Å². The minimum Gasteiger partial charge on any atom is -0.468 e. The number of carbonyl (C=O) groups is 2. The Bertz CT molecular complexity index is 1120. The molecule has 9 nitrogen and oxygen atoms in total. The van der Waals surface area contributed by atoms with Crippen LogP contribution >= 0.6 is 0 Å². The van der Waals surface area contributed by atoms with E-state index in [1.54, 1.807) is 23.3 Å². The third-order valence-electron chi connectivity index (χ3n) is 6.04. The zero-order chi connectivity index (χ0) is 21.6. The highest BCUT2D eigenvalue weighted by atomic mass is 16.5. The van der Waals surface area contributed by atoms with E-state index < -0.39 is 17.6 Å². The quantitative estimate of drug-likeness (QED) is 0.605. The molecule has 2 bridgehead atoms. The van der Waals surface area contributed by atoms with Crippen LogP contribution < -0.4 is 10.5 Å². The Hall–Kier alpha value is -3.62. The smallest absolute Gasteiger partial charge is 0.238 e. The molecular weight excluding hydrogens is 400 g/mol. The van der Waals surface area contributed by atoms with Gasteiger partial charge in [0.05, 0.1) is 6.26 Å². The normalized spacial score (nSPS) is 24.5. The average molecular weight is 422 g/mol. The lowest BCUT2D eigenvalue weighted by molar-refractivity contribution is -0.175. The van der Waals surface area contributed by atoms with E-state index in [0.717, 1.165) is 5.56 Å². The Balaban J connectivity index is 1.34. The maximum Gasteiger partial charge on any atom is 0.238 e. The van der Waals surface area contributed by atoms with Crippen LogP contribution in [0.25, 0.3) is 11.6 Å². The zero-order valence-corrected chi connectivity index (χ0v) is 17.0. The molecule has 3 atom stereocenters. The van der Waals surface area contributed by atoms with Gasteiger partial charge in [0.15, 0.2) is 11.5 Å². The van der Waals surface area contributed by atoms with E-state index in [1.807, 2.05) is 31.2 Å². The number of likely N-dealkylation sites (tertiary alicyclic amines) is 1. The van der Waals surface area contributed by atoms with Crippen molar-refractivity contribution in [2.75, 3.05) is 6.54 Å². The molecule has 2 amide bonds. The van der Waals surface area contributed by atoms with Gasteiger partial charge in [-0.25, -0.2) is 0 Å². The molecule has 5 rings (SSSR count). The highest BCUT2D eigenvalue weighted by molar-refractivity contribution is 6.01. The van der Waals surface area contributed by atoms with Gasteiger partial charge in [0, 0.05) is 25.3 Å². The monoisotopic (exact) mass is 422 g/mol. The van der Waals surface area contributed by atoms with E-state index in [2.05, 4.69) is 10.1 Å². The molecule has 0 spiro atoms. The van der Waals surface area contributed by atoms with Crippen molar-refractivity contribution >= 4 is 11.8 Å². The molecule has 9 heteroatoms. The molecule has 0 radical (unpaired) electrons. The van der Waals surface area contributed by atoms with Crippen molar-refractivity contribution in [1.82, 2.24) is 15.0 Å². The number of nitrogens with zero attached hydrogens (tertiary/aromatic N) is 3. The van der Waals surface area contributed by atoms with Gasteiger partial charge in [-0.05, 0) is 37.1 Å². The third-order valence-corrected chi connectivity index (χ3v) is 6.04. The topological polar surface area (TPSA) is 125 Å². The van der Waals surface area contributed by atoms with Crippen molar-refractivity contribution in [3.63, 3.8) is 0 Å². The van der Waals surface area contributed by atoms with Crippen molar-refractivity contribution < 1.29 is 23.3 Å². The van der Waals surface area contributed by atoms with Crippen molar-refractivity contribution in [3.05, 3.63) is 54.1 Å². The van der Waals surface area contributed by atoms with Gasteiger partial charge in [-0.1, -0.05) is 23.4 Å². The van der Waals surface area contributed by atoms with Gasteiger partial charge < -0.3 is 24.3 Å². The molecule has 4 heterocycles. The summed E-state index contributed by atoms with van der Waals surface area (Å²) in [6.45, 7) is 2.25. The lowest BCUT2D eigenvalue weighted by atomic mass is 9.73. The van der Waals surface area contributed by atoms with Gasteiger partial charge in [-0.15, -0.1) is 0 Å². The number of benzene rings is 1. The molecule has 31 heavy (non-hydrogen) atoms. The molecule has 2 aromatic heterocycles. The van der Waals surface area contributed by atoms with Crippen LogP contribution in [0.4, 0.5) is 0 Å². The first-order valence-electron chi connectivity index (χ1n) is 10.2. The number of rotatable bonds is 6. The molecule has 2 N–H and O–H groups in total. The van der Waals surface area contributed by atoms with E-state index in [4.69, 9.17) is 19.4 Å². The van der Waals surface area contributed by atoms with E-state index in [1.165, 1.54) is 0 Å². The van der Waals surface area contributed by atoms with Gasteiger partial charge >= 0.3 is 0 Å². The fraction of sp³-hybridized carbons (Fsp3) is 0.364. The predicted octanol–water partition coefficient (Wildman–Crippen LogP) is 2.49. The van der Waals surface area contributed by atoms with Gasteiger partial charge in [0.2, 0.25) is 23.5 Å². The predicted molar refractivity (Wildman–Crippen MR) is 108 cm³/mol. The van der Waals surface area contributed by atoms with Crippen LogP contribution in [0.1, 0.15) is 37.1 Å². The molecular formula is C22H22N4O5. The van der Waals surface area contributed by atoms with Gasteiger partial charge in [-0.2, -0.15) is 4.98 Å².